The highest BCUT2D eigenvalue weighted by atomic mass is 19.1. The first-order valence-electron chi connectivity index (χ1n) is 11.4. The predicted molar refractivity (Wildman–Crippen MR) is 118 cm³/mol. The molecule has 0 radical (unpaired) electrons. The van der Waals surface area contributed by atoms with E-state index in [0.29, 0.717) is 23.1 Å². The molecule has 1 atom stereocenters. The number of benzene rings is 1. The number of rotatable bonds is 8. The Morgan fingerprint density at radius 1 is 1.19 bits per heavy atom. The lowest BCUT2D eigenvalue weighted by Crippen LogP contribution is -2.52. The summed E-state index contributed by atoms with van der Waals surface area (Å²) in [5, 5.41) is 23.3. The van der Waals surface area contributed by atoms with Gasteiger partial charge in [-0.2, -0.15) is 5.10 Å². The first-order valence-corrected chi connectivity index (χ1v) is 11.4. The molecular formula is C24H29FN4O3. The first-order chi connectivity index (χ1) is 15.3. The highest BCUT2D eigenvalue weighted by molar-refractivity contribution is 5.99. The van der Waals surface area contributed by atoms with E-state index in [1.54, 1.807) is 12.1 Å². The van der Waals surface area contributed by atoms with Crippen LogP contribution >= 0.6 is 0 Å². The highest BCUT2D eigenvalue weighted by Crippen LogP contribution is 2.51. The number of hydrogen-bond donors (Lipinski definition) is 4. The maximum atomic E-state index is 14.4. The van der Waals surface area contributed by atoms with Crippen LogP contribution in [0.4, 0.5) is 10.1 Å². The molecule has 32 heavy (non-hydrogen) atoms. The van der Waals surface area contributed by atoms with Crippen molar-refractivity contribution in [2.24, 2.45) is 17.8 Å². The average molecular weight is 441 g/mol. The van der Waals surface area contributed by atoms with E-state index in [1.165, 1.54) is 6.07 Å². The fraction of sp³-hybridized carbons (Fsp3) is 0.542. The number of anilines is 1. The maximum absolute atomic E-state index is 14.4. The van der Waals surface area contributed by atoms with Crippen molar-refractivity contribution in [1.82, 2.24) is 15.5 Å². The lowest BCUT2D eigenvalue weighted by molar-refractivity contribution is -0.132. The molecule has 3 fully saturated rings. The number of amides is 2. The van der Waals surface area contributed by atoms with E-state index in [0.717, 1.165) is 42.6 Å². The van der Waals surface area contributed by atoms with E-state index in [4.69, 9.17) is 0 Å². The molecule has 5 rings (SSSR count). The Labute approximate surface area is 186 Å². The van der Waals surface area contributed by atoms with E-state index < -0.39 is 17.6 Å². The minimum Gasteiger partial charge on any atom is -0.507 e. The van der Waals surface area contributed by atoms with Crippen molar-refractivity contribution >= 4 is 17.5 Å². The van der Waals surface area contributed by atoms with Gasteiger partial charge in [-0.25, -0.2) is 4.39 Å². The standard InChI is InChI=1S/C24H29FN4O3/c1-12-19(13(2)29-28-12)17-8-7-16(11-18(17)30)26-22(31)21(27-23(32)24(25)9-10-24)20(14-3-4-14)15-5-6-15/h7-8,11,14-15,20-21,30H,3-6,9-10H2,1-2H3,(H,26,31)(H,27,32)(H,28,29)/t21-/m0/s1. The van der Waals surface area contributed by atoms with Crippen molar-refractivity contribution in [2.75, 3.05) is 5.32 Å². The second kappa shape index (κ2) is 7.60. The Hall–Kier alpha value is -2.90. The normalized spacial score (nSPS) is 20.1. The fourth-order valence-corrected chi connectivity index (χ4v) is 4.82. The lowest BCUT2D eigenvalue weighted by atomic mass is 9.88. The third-order valence-corrected chi connectivity index (χ3v) is 7.05. The zero-order valence-corrected chi connectivity index (χ0v) is 18.4. The monoisotopic (exact) mass is 440 g/mol. The molecule has 7 nitrogen and oxygen atoms in total. The Bertz CT molecular complexity index is 1040. The van der Waals surface area contributed by atoms with Gasteiger partial charge < -0.3 is 15.7 Å². The van der Waals surface area contributed by atoms with Gasteiger partial charge >= 0.3 is 0 Å². The molecule has 4 N–H and O–H groups in total. The molecule has 2 aromatic rings. The number of alkyl halides is 1. The predicted octanol–water partition coefficient (Wildman–Crippen LogP) is 3.76. The van der Waals surface area contributed by atoms with Gasteiger partial charge in [0.25, 0.3) is 5.91 Å². The molecule has 0 aliphatic heterocycles. The molecule has 0 unspecified atom stereocenters. The van der Waals surface area contributed by atoms with Crippen LogP contribution in [0.2, 0.25) is 0 Å². The molecular weight excluding hydrogens is 411 g/mol. The minimum absolute atomic E-state index is 0.0256. The second-order valence-corrected chi connectivity index (χ2v) is 9.70. The summed E-state index contributed by atoms with van der Waals surface area (Å²) in [7, 11) is 0. The molecule has 3 aliphatic carbocycles. The molecule has 0 bridgehead atoms. The number of halogens is 1. The van der Waals surface area contributed by atoms with E-state index in [2.05, 4.69) is 20.8 Å². The molecule has 0 spiro atoms. The Balaban J connectivity index is 1.37. The molecule has 2 amide bonds. The third-order valence-electron chi connectivity index (χ3n) is 7.05. The number of aromatic amines is 1. The van der Waals surface area contributed by atoms with E-state index >= 15 is 0 Å². The van der Waals surface area contributed by atoms with Crippen molar-refractivity contribution in [3.8, 4) is 16.9 Å². The van der Waals surface area contributed by atoms with Crippen LogP contribution < -0.4 is 10.6 Å². The van der Waals surface area contributed by atoms with Crippen molar-refractivity contribution in [3.05, 3.63) is 29.6 Å². The van der Waals surface area contributed by atoms with Gasteiger partial charge in [0, 0.05) is 28.6 Å². The van der Waals surface area contributed by atoms with Crippen LogP contribution in [0.15, 0.2) is 18.2 Å². The van der Waals surface area contributed by atoms with Crippen LogP contribution in [-0.2, 0) is 9.59 Å². The van der Waals surface area contributed by atoms with Gasteiger partial charge in [0.1, 0.15) is 11.8 Å². The Morgan fingerprint density at radius 2 is 1.84 bits per heavy atom. The van der Waals surface area contributed by atoms with Crippen LogP contribution in [0.5, 0.6) is 5.75 Å². The topological polar surface area (TPSA) is 107 Å². The van der Waals surface area contributed by atoms with Gasteiger partial charge in [0.15, 0.2) is 5.67 Å². The zero-order valence-electron chi connectivity index (χ0n) is 18.4. The average Bonchev–Trinajstić information content (AvgIpc) is 3.61. The molecule has 3 saturated carbocycles. The zero-order chi connectivity index (χ0) is 22.6. The first kappa shape index (κ1) is 21.0. The van der Waals surface area contributed by atoms with Crippen molar-refractivity contribution < 1.29 is 19.1 Å². The number of phenols is 1. The van der Waals surface area contributed by atoms with Gasteiger partial charge in [-0.1, -0.05) is 0 Å². The van der Waals surface area contributed by atoms with Gasteiger partial charge in [-0.05, 0) is 82.3 Å². The lowest BCUT2D eigenvalue weighted by Gasteiger charge is -2.28. The van der Waals surface area contributed by atoms with E-state index in [-0.39, 0.29) is 30.4 Å². The van der Waals surface area contributed by atoms with E-state index in [1.807, 2.05) is 13.8 Å². The van der Waals surface area contributed by atoms with Crippen LogP contribution in [0.1, 0.15) is 49.9 Å². The van der Waals surface area contributed by atoms with Crippen molar-refractivity contribution in [1.29, 1.82) is 0 Å². The Kier molecular flexibility index (Phi) is 4.98. The summed E-state index contributed by atoms with van der Waals surface area (Å²) in [6.07, 6.45) is 4.60. The number of carbonyl (C=O) groups is 2. The number of aromatic nitrogens is 2. The molecule has 3 aliphatic rings. The summed E-state index contributed by atoms with van der Waals surface area (Å²) in [6, 6.07) is 4.19. The molecule has 1 heterocycles. The number of hydrogen-bond acceptors (Lipinski definition) is 4. The SMILES string of the molecule is Cc1n[nH]c(C)c1-c1ccc(NC(=O)[C@@H](NC(=O)C2(F)CC2)C(C2CC2)C2CC2)cc1O. The van der Waals surface area contributed by atoms with Crippen LogP contribution in [-0.4, -0.2) is 38.8 Å². The fourth-order valence-electron chi connectivity index (χ4n) is 4.82. The largest absolute Gasteiger partial charge is 0.507 e. The molecule has 1 aromatic heterocycles. The number of aryl methyl sites for hydroxylation is 2. The number of nitrogens with one attached hydrogen (secondary N) is 3. The second-order valence-electron chi connectivity index (χ2n) is 9.70. The van der Waals surface area contributed by atoms with Gasteiger partial charge in [-0.15, -0.1) is 0 Å². The third kappa shape index (κ3) is 3.98. The minimum atomic E-state index is -1.82. The summed E-state index contributed by atoms with van der Waals surface area (Å²) in [4.78, 5) is 25.8. The van der Waals surface area contributed by atoms with Gasteiger partial charge in [0.2, 0.25) is 5.91 Å². The molecule has 0 saturated heterocycles. The van der Waals surface area contributed by atoms with Crippen LogP contribution in [0.3, 0.4) is 0 Å². The number of carbonyl (C=O) groups excluding carboxylic acids is 2. The summed E-state index contributed by atoms with van der Waals surface area (Å²) >= 11 is 0. The quantitative estimate of drug-likeness (QED) is 0.501. The van der Waals surface area contributed by atoms with Crippen LogP contribution in [0, 0.1) is 31.6 Å². The Morgan fingerprint density at radius 3 is 2.34 bits per heavy atom. The maximum Gasteiger partial charge on any atom is 0.258 e. The number of phenolic OH excluding ortho intramolecular Hbond substituents is 1. The van der Waals surface area contributed by atoms with Gasteiger partial charge in [-0.3, -0.25) is 14.7 Å². The summed E-state index contributed by atoms with van der Waals surface area (Å²) in [6.45, 7) is 3.74. The summed E-state index contributed by atoms with van der Waals surface area (Å²) in [5.74, 6) is -0.169. The molecule has 1 aromatic carbocycles. The summed E-state index contributed by atoms with van der Waals surface area (Å²) < 4.78 is 14.4. The van der Waals surface area contributed by atoms with Crippen LogP contribution in [0.25, 0.3) is 11.1 Å². The number of nitrogens with zero attached hydrogens (tertiary/aromatic N) is 1. The highest BCUT2D eigenvalue weighted by Gasteiger charge is 2.54. The molecule has 170 valence electrons. The van der Waals surface area contributed by atoms with Crippen molar-refractivity contribution in [2.45, 2.75) is 64.1 Å². The van der Waals surface area contributed by atoms with Gasteiger partial charge in [0.05, 0.1) is 5.69 Å². The van der Waals surface area contributed by atoms with Crippen molar-refractivity contribution in [3.63, 3.8) is 0 Å². The van der Waals surface area contributed by atoms with E-state index in [9.17, 15) is 19.1 Å². The molecule has 8 heteroatoms. The number of H-pyrrole nitrogens is 1. The summed E-state index contributed by atoms with van der Waals surface area (Å²) in [5.41, 5.74) is 1.67. The number of aromatic hydroxyl groups is 1. The smallest absolute Gasteiger partial charge is 0.258 e.